The Bertz CT molecular complexity index is 916. The molecule has 3 rings (SSSR count). The van der Waals surface area contributed by atoms with Crippen molar-refractivity contribution < 1.29 is 19.4 Å². The van der Waals surface area contributed by atoms with E-state index < -0.39 is 27.1 Å². The lowest BCUT2D eigenvalue weighted by atomic mass is 10.2. The molecule has 2 aromatic rings. The SMILES string of the molecule is O=C(NNc1ncnc(N2CCOCC2)c1[N+](=O)[O-])c1ccccc1[N+](=O)[O-]. The highest BCUT2D eigenvalue weighted by Gasteiger charge is 2.29. The van der Waals surface area contributed by atoms with Gasteiger partial charge in [-0.25, -0.2) is 9.97 Å². The third-order valence-electron chi connectivity index (χ3n) is 3.94. The second-order valence-corrected chi connectivity index (χ2v) is 5.60. The van der Waals surface area contributed by atoms with Crippen LogP contribution in [0.5, 0.6) is 0 Å². The van der Waals surface area contributed by atoms with E-state index in [9.17, 15) is 25.0 Å². The topological polar surface area (TPSA) is 166 Å². The predicted octanol–water partition coefficient (Wildman–Crippen LogP) is 0.886. The average molecular weight is 389 g/mol. The molecule has 1 aromatic carbocycles. The summed E-state index contributed by atoms with van der Waals surface area (Å²) >= 11 is 0. The number of morpholine rings is 1. The first-order valence-corrected chi connectivity index (χ1v) is 8.11. The van der Waals surface area contributed by atoms with Gasteiger partial charge >= 0.3 is 5.69 Å². The van der Waals surface area contributed by atoms with Gasteiger partial charge in [0, 0.05) is 19.2 Å². The van der Waals surface area contributed by atoms with Crippen molar-refractivity contribution in [2.45, 2.75) is 0 Å². The molecule has 1 aromatic heterocycles. The number of hydrazine groups is 1. The van der Waals surface area contributed by atoms with Gasteiger partial charge in [0.2, 0.25) is 11.6 Å². The number of aromatic nitrogens is 2. The van der Waals surface area contributed by atoms with Gasteiger partial charge in [0.15, 0.2) is 0 Å². The Kier molecular flexibility index (Phi) is 5.55. The highest BCUT2D eigenvalue weighted by molar-refractivity contribution is 5.98. The highest BCUT2D eigenvalue weighted by Crippen LogP contribution is 2.31. The zero-order chi connectivity index (χ0) is 20.1. The van der Waals surface area contributed by atoms with Gasteiger partial charge in [-0.1, -0.05) is 12.1 Å². The van der Waals surface area contributed by atoms with Gasteiger partial charge in [0.05, 0.1) is 23.1 Å². The standard InChI is InChI=1S/C15H15N7O6/c23-15(10-3-1-2-4-11(10)21(24)25)19-18-13-12(22(26)27)14(17-9-16-13)20-5-7-28-8-6-20/h1-4,9H,5-8H2,(H,19,23)(H,16,17,18). The molecule has 0 radical (unpaired) electrons. The van der Waals surface area contributed by atoms with Crippen molar-refractivity contribution in [1.29, 1.82) is 0 Å². The molecule has 28 heavy (non-hydrogen) atoms. The van der Waals surface area contributed by atoms with Gasteiger partial charge in [-0.15, -0.1) is 0 Å². The normalized spacial score (nSPS) is 13.6. The predicted molar refractivity (Wildman–Crippen MR) is 95.9 cm³/mol. The number of carbonyl (C=O) groups excluding carboxylic acids is 1. The fraction of sp³-hybridized carbons (Fsp3) is 0.267. The first-order valence-electron chi connectivity index (χ1n) is 8.11. The van der Waals surface area contributed by atoms with Crippen LogP contribution in [0.2, 0.25) is 0 Å². The molecular formula is C15H15N7O6. The van der Waals surface area contributed by atoms with Crippen molar-refractivity contribution >= 4 is 28.9 Å². The molecule has 1 amide bonds. The number of nitro groups is 2. The summed E-state index contributed by atoms with van der Waals surface area (Å²) in [5, 5.41) is 22.6. The number of para-hydroxylation sites is 1. The number of amides is 1. The first-order chi connectivity index (χ1) is 13.5. The van der Waals surface area contributed by atoms with Crippen LogP contribution in [0.15, 0.2) is 30.6 Å². The second kappa shape index (κ2) is 8.22. The minimum Gasteiger partial charge on any atom is -0.378 e. The van der Waals surface area contributed by atoms with Crippen LogP contribution in [-0.2, 0) is 4.74 Å². The highest BCUT2D eigenvalue weighted by atomic mass is 16.6. The van der Waals surface area contributed by atoms with Crippen molar-refractivity contribution in [1.82, 2.24) is 15.4 Å². The summed E-state index contributed by atoms with van der Waals surface area (Å²) in [5.74, 6) is -0.993. The first kappa shape index (κ1) is 18.9. The van der Waals surface area contributed by atoms with Crippen LogP contribution in [0.3, 0.4) is 0 Å². The molecule has 1 aliphatic heterocycles. The molecule has 0 aliphatic carbocycles. The van der Waals surface area contributed by atoms with E-state index in [-0.39, 0.29) is 17.2 Å². The molecule has 2 N–H and O–H groups in total. The Morgan fingerprint density at radius 1 is 1.11 bits per heavy atom. The molecule has 13 heteroatoms. The minimum atomic E-state index is -0.840. The van der Waals surface area contributed by atoms with Crippen LogP contribution in [0, 0.1) is 20.2 Å². The Labute approximate surface area is 157 Å². The fourth-order valence-electron chi connectivity index (χ4n) is 2.64. The molecule has 13 nitrogen and oxygen atoms in total. The number of rotatable bonds is 6. The van der Waals surface area contributed by atoms with Crippen LogP contribution in [0.1, 0.15) is 10.4 Å². The molecule has 0 unspecified atom stereocenters. The molecule has 0 atom stereocenters. The number of anilines is 2. The number of hydrogen-bond acceptors (Lipinski definition) is 10. The summed E-state index contributed by atoms with van der Waals surface area (Å²) in [6.45, 7) is 1.64. The van der Waals surface area contributed by atoms with Crippen LogP contribution in [-0.4, -0.2) is 52.0 Å². The average Bonchev–Trinajstić information content (AvgIpc) is 2.72. The maximum absolute atomic E-state index is 12.3. The van der Waals surface area contributed by atoms with E-state index in [2.05, 4.69) is 20.8 Å². The number of nitrogens with zero attached hydrogens (tertiary/aromatic N) is 5. The zero-order valence-corrected chi connectivity index (χ0v) is 14.4. The van der Waals surface area contributed by atoms with Crippen molar-refractivity contribution in [3.05, 3.63) is 56.4 Å². The summed E-state index contributed by atoms with van der Waals surface area (Å²) < 4.78 is 5.23. The van der Waals surface area contributed by atoms with Gasteiger partial charge in [0.1, 0.15) is 11.9 Å². The van der Waals surface area contributed by atoms with E-state index in [4.69, 9.17) is 4.74 Å². The fourth-order valence-corrected chi connectivity index (χ4v) is 2.64. The molecule has 1 saturated heterocycles. The Morgan fingerprint density at radius 2 is 1.82 bits per heavy atom. The zero-order valence-electron chi connectivity index (χ0n) is 14.4. The van der Waals surface area contributed by atoms with Crippen LogP contribution in [0.25, 0.3) is 0 Å². The van der Waals surface area contributed by atoms with Crippen LogP contribution in [0.4, 0.5) is 23.0 Å². The van der Waals surface area contributed by atoms with E-state index in [0.29, 0.717) is 26.3 Å². The Morgan fingerprint density at radius 3 is 2.50 bits per heavy atom. The second-order valence-electron chi connectivity index (χ2n) is 5.60. The van der Waals surface area contributed by atoms with Crippen LogP contribution >= 0.6 is 0 Å². The summed E-state index contributed by atoms with van der Waals surface area (Å²) in [7, 11) is 0. The van der Waals surface area contributed by atoms with Gasteiger partial charge in [-0.3, -0.25) is 35.9 Å². The van der Waals surface area contributed by atoms with E-state index in [1.165, 1.54) is 24.3 Å². The number of nitrogens with one attached hydrogen (secondary N) is 2. The lowest BCUT2D eigenvalue weighted by Gasteiger charge is -2.27. The number of hydrogen-bond donors (Lipinski definition) is 2. The molecule has 2 heterocycles. The van der Waals surface area contributed by atoms with Crippen molar-refractivity contribution in [3.63, 3.8) is 0 Å². The number of nitro benzene ring substituents is 1. The summed E-state index contributed by atoms with van der Waals surface area (Å²) in [6.07, 6.45) is 1.12. The monoisotopic (exact) mass is 389 g/mol. The lowest BCUT2D eigenvalue weighted by Crippen LogP contribution is -2.37. The summed E-state index contributed by atoms with van der Waals surface area (Å²) in [5.41, 5.74) is 3.55. The van der Waals surface area contributed by atoms with Gasteiger partial charge in [-0.05, 0) is 6.07 Å². The van der Waals surface area contributed by atoms with Gasteiger partial charge < -0.3 is 9.64 Å². The van der Waals surface area contributed by atoms with Crippen molar-refractivity contribution in [3.8, 4) is 0 Å². The third kappa shape index (κ3) is 3.93. The summed E-state index contributed by atoms with van der Waals surface area (Å²) in [6, 6.07) is 5.33. The molecular weight excluding hydrogens is 374 g/mol. The van der Waals surface area contributed by atoms with Gasteiger partial charge in [-0.2, -0.15) is 0 Å². The van der Waals surface area contributed by atoms with Crippen molar-refractivity contribution in [2.24, 2.45) is 0 Å². The van der Waals surface area contributed by atoms with Crippen LogP contribution < -0.4 is 15.8 Å². The Balaban J connectivity index is 1.84. The molecule has 1 fully saturated rings. The van der Waals surface area contributed by atoms with E-state index >= 15 is 0 Å². The summed E-state index contributed by atoms with van der Waals surface area (Å²) in [4.78, 5) is 43.0. The lowest BCUT2D eigenvalue weighted by molar-refractivity contribution is -0.385. The molecule has 1 aliphatic rings. The van der Waals surface area contributed by atoms with E-state index in [1.807, 2.05) is 0 Å². The van der Waals surface area contributed by atoms with E-state index in [0.717, 1.165) is 6.33 Å². The van der Waals surface area contributed by atoms with Gasteiger partial charge in [0.25, 0.3) is 11.6 Å². The maximum Gasteiger partial charge on any atom is 0.355 e. The number of ether oxygens (including phenoxy) is 1. The quantitative estimate of drug-likeness (QED) is 0.535. The van der Waals surface area contributed by atoms with E-state index in [1.54, 1.807) is 4.90 Å². The number of carbonyl (C=O) groups is 1. The largest absolute Gasteiger partial charge is 0.378 e. The third-order valence-corrected chi connectivity index (χ3v) is 3.94. The molecule has 0 saturated carbocycles. The van der Waals surface area contributed by atoms with Crippen molar-refractivity contribution in [2.75, 3.05) is 36.6 Å². The maximum atomic E-state index is 12.3. The molecule has 0 bridgehead atoms. The Hall–Kier alpha value is -3.87. The molecule has 0 spiro atoms. The smallest absolute Gasteiger partial charge is 0.355 e. The minimum absolute atomic E-state index is 0.0886. The number of benzene rings is 1. The molecule has 146 valence electrons.